The highest BCUT2D eigenvalue weighted by Gasteiger charge is 2.33. The van der Waals surface area contributed by atoms with Crippen LogP contribution in [0.25, 0.3) is 0 Å². The maximum absolute atomic E-state index is 13.1. The first-order chi connectivity index (χ1) is 14.3. The van der Waals surface area contributed by atoms with Crippen LogP contribution in [0, 0.1) is 11.7 Å². The molecule has 0 saturated carbocycles. The van der Waals surface area contributed by atoms with Crippen molar-refractivity contribution in [3.63, 3.8) is 0 Å². The number of carbonyl (C=O) groups excluding carboxylic acids is 2. The number of nitrogens with one attached hydrogen (secondary N) is 1. The lowest BCUT2D eigenvalue weighted by atomic mass is 9.97. The Labute approximate surface area is 177 Å². The zero-order valence-electron chi connectivity index (χ0n) is 17.3. The summed E-state index contributed by atoms with van der Waals surface area (Å²) in [6.07, 6.45) is 5.02. The number of rotatable bonds is 5. The Balaban J connectivity index is 1.52. The number of sulfonamides is 1. The zero-order chi connectivity index (χ0) is 21.7. The van der Waals surface area contributed by atoms with Crippen molar-refractivity contribution in [1.82, 2.24) is 14.5 Å². The Morgan fingerprint density at radius 1 is 1.00 bits per heavy atom. The molecule has 0 radical (unpaired) electrons. The third-order valence-corrected chi connectivity index (χ3v) is 7.84. The summed E-state index contributed by atoms with van der Waals surface area (Å²) < 4.78 is 39.8. The van der Waals surface area contributed by atoms with E-state index in [1.54, 1.807) is 6.92 Å². The molecule has 0 bridgehead atoms. The number of likely N-dealkylation sites (tertiary alicyclic amines) is 1. The topological polar surface area (TPSA) is 86.8 Å². The average molecular weight is 440 g/mol. The second kappa shape index (κ2) is 9.87. The molecular weight excluding hydrogens is 409 g/mol. The van der Waals surface area contributed by atoms with Gasteiger partial charge in [-0.25, -0.2) is 12.8 Å². The molecule has 166 valence electrons. The molecule has 0 spiro atoms. The fraction of sp³-hybridized carbons (Fsp3) is 0.619. The van der Waals surface area contributed by atoms with Crippen molar-refractivity contribution >= 4 is 21.8 Å². The van der Waals surface area contributed by atoms with Crippen LogP contribution >= 0.6 is 0 Å². The minimum atomic E-state index is -3.71. The molecule has 2 aliphatic heterocycles. The van der Waals surface area contributed by atoms with Crippen LogP contribution in [0.4, 0.5) is 4.39 Å². The van der Waals surface area contributed by atoms with Gasteiger partial charge in [0.1, 0.15) is 11.9 Å². The number of piperidine rings is 1. The van der Waals surface area contributed by atoms with E-state index in [0.29, 0.717) is 12.8 Å². The molecule has 2 heterocycles. The zero-order valence-corrected chi connectivity index (χ0v) is 18.2. The van der Waals surface area contributed by atoms with Gasteiger partial charge in [-0.05, 0) is 56.9 Å². The van der Waals surface area contributed by atoms with E-state index >= 15 is 0 Å². The number of benzene rings is 1. The molecule has 2 aliphatic rings. The van der Waals surface area contributed by atoms with Crippen LogP contribution in [0.5, 0.6) is 0 Å². The number of hydrogen-bond acceptors (Lipinski definition) is 4. The predicted octanol–water partition coefficient (Wildman–Crippen LogP) is 2.13. The third-order valence-electron chi connectivity index (χ3n) is 5.92. The Hall–Kier alpha value is -2.00. The van der Waals surface area contributed by atoms with E-state index in [0.717, 1.165) is 50.9 Å². The molecule has 30 heavy (non-hydrogen) atoms. The van der Waals surface area contributed by atoms with Crippen molar-refractivity contribution in [2.24, 2.45) is 5.92 Å². The van der Waals surface area contributed by atoms with Gasteiger partial charge in [0, 0.05) is 32.1 Å². The highest BCUT2D eigenvalue weighted by molar-refractivity contribution is 7.89. The van der Waals surface area contributed by atoms with Crippen molar-refractivity contribution < 1.29 is 22.4 Å². The molecule has 1 atom stereocenters. The van der Waals surface area contributed by atoms with E-state index in [2.05, 4.69) is 5.32 Å². The number of hydrogen-bond donors (Lipinski definition) is 1. The van der Waals surface area contributed by atoms with Crippen molar-refractivity contribution in [3.05, 3.63) is 30.1 Å². The molecule has 0 aromatic heterocycles. The summed E-state index contributed by atoms with van der Waals surface area (Å²) in [5.41, 5.74) is 0. The summed E-state index contributed by atoms with van der Waals surface area (Å²) in [5.74, 6) is -1.08. The molecule has 2 saturated heterocycles. The molecule has 1 aromatic carbocycles. The number of amides is 2. The van der Waals surface area contributed by atoms with E-state index in [1.165, 1.54) is 16.4 Å². The lowest BCUT2D eigenvalue weighted by Crippen LogP contribution is -2.50. The third kappa shape index (κ3) is 5.37. The first kappa shape index (κ1) is 22.7. The van der Waals surface area contributed by atoms with E-state index in [4.69, 9.17) is 0 Å². The summed E-state index contributed by atoms with van der Waals surface area (Å²) in [6.45, 7) is 3.61. The Morgan fingerprint density at radius 2 is 1.57 bits per heavy atom. The van der Waals surface area contributed by atoms with E-state index in [-0.39, 0.29) is 35.7 Å². The molecular formula is C21H30FN3O4S. The minimum absolute atomic E-state index is 0.0449. The average Bonchev–Trinajstić information content (AvgIpc) is 3.03. The molecule has 1 unspecified atom stereocenters. The van der Waals surface area contributed by atoms with Gasteiger partial charge in [0.15, 0.2) is 0 Å². The van der Waals surface area contributed by atoms with Gasteiger partial charge in [0.05, 0.1) is 4.90 Å². The van der Waals surface area contributed by atoms with Crippen molar-refractivity contribution in [1.29, 1.82) is 0 Å². The maximum atomic E-state index is 13.1. The molecule has 9 heteroatoms. The Morgan fingerprint density at radius 3 is 2.13 bits per heavy atom. The van der Waals surface area contributed by atoms with E-state index in [1.807, 2.05) is 4.90 Å². The summed E-state index contributed by atoms with van der Waals surface area (Å²) in [6, 6.07) is 4.15. The number of halogens is 1. The Kier molecular flexibility index (Phi) is 7.46. The smallest absolute Gasteiger partial charge is 0.244 e. The van der Waals surface area contributed by atoms with Crippen LogP contribution in [0.2, 0.25) is 0 Å². The normalized spacial score (nSPS) is 20.4. The lowest BCUT2D eigenvalue weighted by molar-refractivity contribution is -0.137. The second-order valence-corrected chi connectivity index (χ2v) is 10.0. The van der Waals surface area contributed by atoms with Gasteiger partial charge >= 0.3 is 0 Å². The van der Waals surface area contributed by atoms with Crippen LogP contribution in [0.1, 0.15) is 45.4 Å². The van der Waals surface area contributed by atoms with Crippen LogP contribution in [0.15, 0.2) is 29.2 Å². The molecule has 7 nitrogen and oxygen atoms in total. The first-order valence-corrected chi connectivity index (χ1v) is 12.1. The van der Waals surface area contributed by atoms with Gasteiger partial charge in [-0.15, -0.1) is 0 Å². The quantitative estimate of drug-likeness (QED) is 0.762. The van der Waals surface area contributed by atoms with Crippen LogP contribution in [-0.4, -0.2) is 61.7 Å². The van der Waals surface area contributed by atoms with E-state index in [9.17, 15) is 22.4 Å². The lowest BCUT2D eigenvalue weighted by Gasteiger charge is -2.31. The maximum Gasteiger partial charge on any atom is 0.244 e. The van der Waals surface area contributed by atoms with Crippen LogP contribution < -0.4 is 5.32 Å². The summed E-state index contributed by atoms with van der Waals surface area (Å²) >= 11 is 0. The van der Waals surface area contributed by atoms with Crippen LogP contribution in [0.3, 0.4) is 0 Å². The standard InChI is InChI=1S/C21H30FN3O4S/c1-16(21(27)24-12-4-2-3-5-13-24)23-20(26)17-10-14-25(15-11-17)30(28,29)19-8-6-18(22)7-9-19/h6-9,16-17H,2-5,10-15H2,1H3,(H,23,26). The van der Waals surface area contributed by atoms with Crippen LogP contribution in [-0.2, 0) is 19.6 Å². The summed E-state index contributed by atoms with van der Waals surface area (Å²) in [4.78, 5) is 27.1. The number of nitrogens with zero attached hydrogens (tertiary/aromatic N) is 2. The van der Waals surface area contributed by atoms with Gasteiger partial charge in [-0.2, -0.15) is 4.31 Å². The molecule has 2 amide bonds. The molecule has 2 fully saturated rings. The summed E-state index contributed by atoms with van der Waals surface area (Å²) in [7, 11) is -3.71. The largest absolute Gasteiger partial charge is 0.344 e. The van der Waals surface area contributed by atoms with Crippen molar-refractivity contribution in [3.8, 4) is 0 Å². The number of carbonyl (C=O) groups is 2. The van der Waals surface area contributed by atoms with Gasteiger partial charge in [0.2, 0.25) is 21.8 Å². The molecule has 3 rings (SSSR count). The molecule has 1 N–H and O–H groups in total. The van der Waals surface area contributed by atoms with Crippen molar-refractivity contribution in [2.45, 2.75) is 56.4 Å². The van der Waals surface area contributed by atoms with E-state index < -0.39 is 21.9 Å². The highest BCUT2D eigenvalue weighted by atomic mass is 32.2. The van der Waals surface area contributed by atoms with Gasteiger partial charge in [0.25, 0.3) is 0 Å². The van der Waals surface area contributed by atoms with Crippen molar-refractivity contribution in [2.75, 3.05) is 26.2 Å². The summed E-state index contributed by atoms with van der Waals surface area (Å²) in [5, 5.41) is 2.82. The van der Waals surface area contributed by atoms with Gasteiger partial charge < -0.3 is 10.2 Å². The fourth-order valence-electron chi connectivity index (χ4n) is 4.07. The predicted molar refractivity (Wildman–Crippen MR) is 111 cm³/mol. The molecule has 0 aliphatic carbocycles. The second-order valence-electron chi connectivity index (χ2n) is 8.10. The monoisotopic (exact) mass is 439 g/mol. The first-order valence-electron chi connectivity index (χ1n) is 10.6. The minimum Gasteiger partial charge on any atom is -0.344 e. The highest BCUT2D eigenvalue weighted by Crippen LogP contribution is 2.24. The van der Waals surface area contributed by atoms with Gasteiger partial charge in [-0.3, -0.25) is 9.59 Å². The fourth-order valence-corrected chi connectivity index (χ4v) is 5.54. The Bertz CT molecular complexity index is 844. The molecule has 1 aromatic rings. The SMILES string of the molecule is CC(NC(=O)C1CCN(S(=O)(=O)c2ccc(F)cc2)CC1)C(=O)N1CCCCCC1. The van der Waals surface area contributed by atoms with Gasteiger partial charge in [-0.1, -0.05) is 12.8 Å².